The maximum Gasteiger partial charge on any atom is 0.321 e. The van der Waals surface area contributed by atoms with E-state index in [1.54, 1.807) is 27.7 Å². The van der Waals surface area contributed by atoms with Crippen LogP contribution in [0.2, 0.25) is 0 Å². The van der Waals surface area contributed by atoms with Gasteiger partial charge in [0.15, 0.2) is 0 Å². The third-order valence-electron chi connectivity index (χ3n) is 2.59. The van der Waals surface area contributed by atoms with Crippen LogP contribution in [0.25, 0.3) is 0 Å². The Kier molecular flexibility index (Phi) is 6.34. The molecule has 8 heteroatoms. The van der Waals surface area contributed by atoms with Gasteiger partial charge in [0, 0.05) is 18.4 Å². The van der Waals surface area contributed by atoms with Gasteiger partial charge < -0.3 is 16.2 Å². The van der Waals surface area contributed by atoms with Crippen LogP contribution in [0.3, 0.4) is 0 Å². The number of primary amides is 1. The summed E-state index contributed by atoms with van der Waals surface area (Å²) >= 11 is 0. The first kappa shape index (κ1) is 18.9. The molecule has 0 fully saturated rings. The van der Waals surface area contributed by atoms with Gasteiger partial charge in [-0.3, -0.25) is 19.7 Å². The van der Waals surface area contributed by atoms with Gasteiger partial charge in [0.05, 0.1) is 6.42 Å². The number of imide groups is 1. The maximum atomic E-state index is 11.7. The summed E-state index contributed by atoms with van der Waals surface area (Å²) in [7, 11) is 0. The molecule has 0 aromatic rings. The molecule has 0 atom stereocenters. The van der Waals surface area contributed by atoms with Crippen LogP contribution in [0, 0.1) is 5.41 Å². The second-order valence-electron chi connectivity index (χ2n) is 6.44. The van der Waals surface area contributed by atoms with Crippen molar-refractivity contribution in [3.8, 4) is 0 Å². The third kappa shape index (κ3) is 9.42. The molecule has 0 aromatic heterocycles. The van der Waals surface area contributed by atoms with Gasteiger partial charge in [-0.05, 0) is 19.3 Å². The number of aliphatic carboxylic acids is 1. The van der Waals surface area contributed by atoms with E-state index in [2.05, 4.69) is 10.6 Å². The molecule has 0 aliphatic carbocycles. The second kappa shape index (κ2) is 7.05. The van der Waals surface area contributed by atoms with Gasteiger partial charge in [0.1, 0.15) is 0 Å². The van der Waals surface area contributed by atoms with Crippen LogP contribution < -0.4 is 16.4 Å². The molecular weight excluding hydrogens is 278 g/mol. The standard InChI is InChI=1S/C13H23N3O5/c1-12(2,7-10(19)20)6-9(18)15-11(21)16-13(3,4)5-8(14)17/h5-7H2,1-4H3,(H2,14,17)(H,19,20)(H2,15,16,18,21). The highest BCUT2D eigenvalue weighted by Crippen LogP contribution is 2.24. The Bertz CT molecular complexity index is 403. The molecule has 0 saturated carbocycles. The van der Waals surface area contributed by atoms with Crippen molar-refractivity contribution in [2.45, 2.75) is 52.5 Å². The van der Waals surface area contributed by atoms with E-state index in [-0.39, 0.29) is 19.3 Å². The van der Waals surface area contributed by atoms with Gasteiger partial charge in [0.2, 0.25) is 11.8 Å². The molecule has 0 aromatic carbocycles. The molecule has 8 nitrogen and oxygen atoms in total. The van der Waals surface area contributed by atoms with E-state index in [1.165, 1.54) is 0 Å². The predicted molar refractivity (Wildman–Crippen MR) is 75.2 cm³/mol. The number of hydrogen-bond donors (Lipinski definition) is 4. The largest absolute Gasteiger partial charge is 0.481 e. The molecule has 0 aliphatic heterocycles. The van der Waals surface area contributed by atoms with Crippen LogP contribution in [0.15, 0.2) is 0 Å². The normalized spacial score (nSPS) is 11.6. The number of urea groups is 1. The van der Waals surface area contributed by atoms with Gasteiger partial charge in [-0.2, -0.15) is 0 Å². The lowest BCUT2D eigenvalue weighted by Gasteiger charge is -2.25. The minimum absolute atomic E-state index is 0.0703. The van der Waals surface area contributed by atoms with Gasteiger partial charge in [-0.1, -0.05) is 13.8 Å². The Morgan fingerprint density at radius 3 is 1.95 bits per heavy atom. The number of carboxylic acids is 1. The van der Waals surface area contributed by atoms with E-state index >= 15 is 0 Å². The number of amides is 4. The van der Waals surface area contributed by atoms with Crippen molar-refractivity contribution in [2.24, 2.45) is 11.1 Å². The molecule has 0 unspecified atom stereocenters. The molecule has 4 amide bonds. The predicted octanol–water partition coefficient (Wildman–Crippen LogP) is 0.357. The Morgan fingerprint density at radius 1 is 1.00 bits per heavy atom. The monoisotopic (exact) mass is 301 g/mol. The topological polar surface area (TPSA) is 139 Å². The zero-order valence-electron chi connectivity index (χ0n) is 12.8. The van der Waals surface area contributed by atoms with Crippen molar-refractivity contribution in [3.05, 3.63) is 0 Å². The summed E-state index contributed by atoms with van der Waals surface area (Å²) in [4.78, 5) is 44.8. The second-order valence-corrected chi connectivity index (χ2v) is 6.44. The summed E-state index contributed by atoms with van der Waals surface area (Å²) in [5.74, 6) is -2.18. The fourth-order valence-corrected chi connectivity index (χ4v) is 1.90. The summed E-state index contributed by atoms with van der Waals surface area (Å²) in [5, 5.41) is 13.3. The van der Waals surface area contributed by atoms with E-state index in [9.17, 15) is 19.2 Å². The lowest BCUT2D eigenvalue weighted by atomic mass is 9.85. The Balaban J connectivity index is 4.43. The van der Waals surface area contributed by atoms with Crippen molar-refractivity contribution in [1.29, 1.82) is 0 Å². The van der Waals surface area contributed by atoms with E-state index in [0.29, 0.717) is 0 Å². The van der Waals surface area contributed by atoms with Crippen molar-refractivity contribution >= 4 is 23.8 Å². The molecule has 0 saturated heterocycles. The van der Waals surface area contributed by atoms with E-state index in [4.69, 9.17) is 10.8 Å². The lowest BCUT2D eigenvalue weighted by molar-refractivity contribution is -0.139. The fourth-order valence-electron chi connectivity index (χ4n) is 1.90. The number of hydrogen-bond acceptors (Lipinski definition) is 4. The first-order valence-corrected chi connectivity index (χ1v) is 6.45. The number of nitrogens with one attached hydrogen (secondary N) is 2. The fraction of sp³-hybridized carbons (Fsp3) is 0.692. The van der Waals surface area contributed by atoms with Crippen LogP contribution in [-0.2, 0) is 14.4 Å². The van der Waals surface area contributed by atoms with Crippen LogP contribution in [0.4, 0.5) is 4.79 Å². The molecule has 0 rings (SSSR count). The number of nitrogens with two attached hydrogens (primary N) is 1. The first-order chi connectivity index (χ1) is 9.33. The number of carbonyl (C=O) groups excluding carboxylic acids is 3. The molecule has 0 heterocycles. The number of rotatable bonds is 7. The number of carbonyl (C=O) groups is 4. The van der Waals surface area contributed by atoms with Crippen LogP contribution in [0.1, 0.15) is 47.0 Å². The molecule has 0 aliphatic rings. The zero-order valence-corrected chi connectivity index (χ0v) is 12.8. The Hall–Kier alpha value is -2.12. The van der Waals surface area contributed by atoms with Crippen LogP contribution in [-0.4, -0.2) is 34.5 Å². The number of carboxylic acid groups (broad SMARTS) is 1. The summed E-state index contributed by atoms with van der Waals surface area (Å²) in [5.41, 5.74) is 3.40. The van der Waals surface area contributed by atoms with E-state index < -0.39 is 34.8 Å². The van der Waals surface area contributed by atoms with Crippen molar-refractivity contribution < 1.29 is 24.3 Å². The minimum Gasteiger partial charge on any atom is -0.481 e. The minimum atomic E-state index is -1.01. The van der Waals surface area contributed by atoms with Gasteiger partial charge in [-0.15, -0.1) is 0 Å². The highest BCUT2D eigenvalue weighted by Gasteiger charge is 2.27. The summed E-state index contributed by atoms with van der Waals surface area (Å²) in [6.07, 6.45) is -0.364. The quantitative estimate of drug-likeness (QED) is 0.537. The van der Waals surface area contributed by atoms with Gasteiger partial charge in [0.25, 0.3) is 0 Å². The highest BCUT2D eigenvalue weighted by atomic mass is 16.4. The van der Waals surface area contributed by atoms with Gasteiger partial charge >= 0.3 is 12.0 Å². The van der Waals surface area contributed by atoms with Crippen molar-refractivity contribution in [1.82, 2.24) is 10.6 Å². The molecule has 0 radical (unpaired) electrons. The average molecular weight is 301 g/mol. The zero-order chi connectivity index (χ0) is 16.8. The van der Waals surface area contributed by atoms with E-state index in [1.807, 2.05) is 0 Å². The molecule has 120 valence electrons. The summed E-state index contributed by atoms with van der Waals surface area (Å²) in [6, 6.07) is -0.752. The van der Waals surface area contributed by atoms with Crippen LogP contribution >= 0.6 is 0 Å². The average Bonchev–Trinajstić information content (AvgIpc) is 2.07. The van der Waals surface area contributed by atoms with Gasteiger partial charge in [-0.25, -0.2) is 4.79 Å². The summed E-state index contributed by atoms with van der Waals surface area (Å²) in [6.45, 7) is 6.43. The molecule has 0 spiro atoms. The SMILES string of the molecule is CC(C)(CC(=O)O)CC(=O)NC(=O)NC(C)(C)CC(N)=O. The first-order valence-electron chi connectivity index (χ1n) is 6.45. The lowest BCUT2D eigenvalue weighted by Crippen LogP contribution is -2.51. The smallest absolute Gasteiger partial charge is 0.321 e. The van der Waals surface area contributed by atoms with Crippen molar-refractivity contribution in [3.63, 3.8) is 0 Å². The van der Waals surface area contributed by atoms with E-state index in [0.717, 1.165) is 0 Å². The maximum absolute atomic E-state index is 11.7. The third-order valence-corrected chi connectivity index (χ3v) is 2.59. The molecule has 5 N–H and O–H groups in total. The van der Waals surface area contributed by atoms with Crippen molar-refractivity contribution in [2.75, 3.05) is 0 Å². The van der Waals surface area contributed by atoms with Crippen LogP contribution in [0.5, 0.6) is 0 Å². The summed E-state index contributed by atoms with van der Waals surface area (Å²) < 4.78 is 0. The molecule has 0 bridgehead atoms. The molecular formula is C13H23N3O5. The highest BCUT2D eigenvalue weighted by molar-refractivity contribution is 5.95. The Morgan fingerprint density at radius 2 is 1.52 bits per heavy atom. The Labute approximate surface area is 123 Å². The molecule has 21 heavy (non-hydrogen) atoms.